The van der Waals surface area contributed by atoms with E-state index < -0.39 is 0 Å². The molecule has 36 heavy (non-hydrogen) atoms. The van der Waals surface area contributed by atoms with Crippen LogP contribution in [0.15, 0.2) is 116 Å². The number of aromatic nitrogens is 5. The molecule has 0 saturated heterocycles. The summed E-state index contributed by atoms with van der Waals surface area (Å²) >= 11 is 0. The molecule has 0 saturated carbocycles. The number of rotatable bonds is 2. The van der Waals surface area contributed by atoms with Crippen molar-refractivity contribution < 1.29 is 0 Å². The van der Waals surface area contributed by atoms with E-state index in [9.17, 15) is 0 Å². The fourth-order valence-electron chi connectivity index (χ4n) is 5.66. The molecule has 0 N–H and O–H groups in total. The number of hydrogen-bond acceptors (Lipinski definition) is 3. The topological polar surface area (TPSA) is 48.5 Å². The van der Waals surface area contributed by atoms with Gasteiger partial charge in [0.05, 0.1) is 22.1 Å². The van der Waals surface area contributed by atoms with Crippen LogP contribution in [0.1, 0.15) is 0 Å². The maximum absolute atomic E-state index is 4.47. The highest BCUT2D eigenvalue weighted by Crippen LogP contribution is 2.40. The van der Waals surface area contributed by atoms with E-state index in [1.54, 1.807) is 12.7 Å². The summed E-state index contributed by atoms with van der Waals surface area (Å²) in [6.45, 7) is 0. The molecule has 0 fully saturated rings. The summed E-state index contributed by atoms with van der Waals surface area (Å²) in [6, 6.07) is 36.8. The molecule has 5 aromatic carbocycles. The van der Waals surface area contributed by atoms with Gasteiger partial charge in [-0.05, 0) is 41.8 Å². The van der Waals surface area contributed by atoms with Crippen LogP contribution in [-0.4, -0.2) is 24.1 Å². The predicted molar refractivity (Wildman–Crippen MR) is 146 cm³/mol. The molecule has 0 aliphatic rings. The van der Waals surface area contributed by atoms with E-state index in [1.165, 1.54) is 43.4 Å². The van der Waals surface area contributed by atoms with E-state index >= 15 is 0 Å². The Morgan fingerprint density at radius 1 is 0.472 bits per heavy atom. The number of benzene rings is 5. The molecule has 168 valence electrons. The van der Waals surface area contributed by atoms with Crippen molar-refractivity contribution >= 4 is 54.4 Å². The van der Waals surface area contributed by atoms with Gasteiger partial charge in [0.1, 0.15) is 12.7 Å². The molecule has 0 atom stereocenters. The monoisotopic (exact) mass is 461 g/mol. The quantitative estimate of drug-likeness (QED) is 0.273. The molecule has 0 spiro atoms. The fraction of sp³-hybridized carbons (Fsp3) is 0. The molecule has 0 radical (unpaired) electrons. The van der Waals surface area contributed by atoms with Gasteiger partial charge in [0.2, 0.25) is 5.95 Å². The van der Waals surface area contributed by atoms with Gasteiger partial charge in [-0.1, -0.05) is 66.7 Å². The standard InChI is InChI=1S/C31H19N5/c1-2-8-21(9-3-1)35-27-12-6-4-10-22(27)24-15-14-20-16-29-26(17-25(20)30(24)35)23-11-5-7-13-28(23)36(29)31-33-18-32-19-34-31/h1-19H. The molecule has 0 aliphatic heterocycles. The second kappa shape index (κ2) is 7.23. The number of hydrogen-bond donors (Lipinski definition) is 0. The molecule has 0 amide bonds. The van der Waals surface area contributed by atoms with Gasteiger partial charge in [-0.3, -0.25) is 4.57 Å². The molecule has 0 unspecified atom stereocenters. The third-order valence-corrected chi connectivity index (χ3v) is 7.14. The van der Waals surface area contributed by atoms with Crippen LogP contribution in [0.5, 0.6) is 0 Å². The highest BCUT2D eigenvalue weighted by atomic mass is 15.2. The Bertz CT molecular complexity index is 2090. The molecule has 5 nitrogen and oxygen atoms in total. The minimum absolute atomic E-state index is 0.620. The summed E-state index contributed by atoms with van der Waals surface area (Å²) in [7, 11) is 0. The normalized spacial score (nSPS) is 11.9. The van der Waals surface area contributed by atoms with Crippen molar-refractivity contribution in [1.29, 1.82) is 0 Å². The SMILES string of the molecule is c1ccc(-n2c3ccccc3c3ccc4cc5c(cc4c32)c2ccccc2n5-c2ncncn2)cc1. The molecular formula is C31H19N5. The van der Waals surface area contributed by atoms with E-state index in [4.69, 9.17) is 0 Å². The first kappa shape index (κ1) is 19.3. The first-order valence-corrected chi connectivity index (χ1v) is 12.0. The first-order chi connectivity index (χ1) is 17.9. The fourth-order valence-corrected chi connectivity index (χ4v) is 5.66. The van der Waals surface area contributed by atoms with Crippen molar-refractivity contribution in [1.82, 2.24) is 24.1 Å². The Hall–Kier alpha value is -5.03. The molecule has 8 rings (SSSR count). The van der Waals surface area contributed by atoms with Gasteiger partial charge in [0, 0.05) is 32.6 Å². The highest BCUT2D eigenvalue weighted by Gasteiger charge is 2.18. The third-order valence-electron chi connectivity index (χ3n) is 7.14. The van der Waals surface area contributed by atoms with E-state index in [1.807, 2.05) is 0 Å². The average Bonchev–Trinajstić information content (AvgIpc) is 3.46. The van der Waals surface area contributed by atoms with E-state index in [-0.39, 0.29) is 0 Å². The van der Waals surface area contributed by atoms with Crippen molar-refractivity contribution in [3.05, 3.63) is 116 Å². The highest BCUT2D eigenvalue weighted by molar-refractivity contribution is 6.22. The summed E-state index contributed by atoms with van der Waals surface area (Å²) in [5, 5.41) is 7.25. The van der Waals surface area contributed by atoms with Gasteiger partial charge in [0.15, 0.2) is 0 Å². The maximum atomic E-state index is 4.47. The minimum atomic E-state index is 0.620. The molecule has 3 heterocycles. The zero-order valence-corrected chi connectivity index (χ0v) is 19.2. The summed E-state index contributed by atoms with van der Waals surface area (Å²) < 4.78 is 4.52. The van der Waals surface area contributed by atoms with Gasteiger partial charge >= 0.3 is 0 Å². The molecule has 0 aliphatic carbocycles. The molecule has 8 aromatic rings. The molecule has 3 aromatic heterocycles. The smallest absolute Gasteiger partial charge is 0.237 e. The lowest BCUT2D eigenvalue weighted by molar-refractivity contribution is 0.940. The zero-order valence-electron chi connectivity index (χ0n) is 19.2. The van der Waals surface area contributed by atoms with Crippen LogP contribution in [0.2, 0.25) is 0 Å². The van der Waals surface area contributed by atoms with Crippen LogP contribution in [0.4, 0.5) is 0 Å². The van der Waals surface area contributed by atoms with Crippen LogP contribution in [-0.2, 0) is 0 Å². The number of fused-ring (bicyclic) bond motifs is 8. The van der Waals surface area contributed by atoms with Gasteiger partial charge in [-0.15, -0.1) is 0 Å². The van der Waals surface area contributed by atoms with E-state index in [2.05, 4.69) is 127 Å². The predicted octanol–water partition coefficient (Wildman–Crippen LogP) is 7.22. The number of para-hydroxylation sites is 3. The molecular weight excluding hydrogens is 442 g/mol. The van der Waals surface area contributed by atoms with E-state index in [0.29, 0.717) is 5.95 Å². The van der Waals surface area contributed by atoms with Crippen molar-refractivity contribution in [3.8, 4) is 11.6 Å². The van der Waals surface area contributed by atoms with Crippen molar-refractivity contribution in [3.63, 3.8) is 0 Å². The lowest BCUT2D eigenvalue weighted by atomic mass is 10.0. The summed E-state index contributed by atoms with van der Waals surface area (Å²) in [5.74, 6) is 0.620. The molecule has 5 heteroatoms. The van der Waals surface area contributed by atoms with Crippen LogP contribution in [0.3, 0.4) is 0 Å². The van der Waals surface area contributed by atoms with Crippen LogP contribution in [0.25, 0.3) is 66.0 Å². The summed E-state index contributed by atoms with van der Waals surface area (Å²) in [5.41, 5.74) is 5.74. The van der Waals surface area contributed by atoms with Crippen molar-refractivity contribution in [2.75, 3.05) is 0 Å². The zero-order chi connectivity index (χ0) is 23.6. The lowest BCUT2D eigenvalue weighted by Gasteiger charge is -2.10. The third kappa shape index (κ3) is 2.57. The lowest BCUT2D eigenvalue weighted by Crippen LogP contribution is -2.00. The maximum Gasteiger partial charge on any atom is 0.237 e. The van der Waals surface area contributed by atoms with Gasteiger partial charge < -0.3 is 4.57 Å². The Labute approximate surface area is 205 Å². The minimum Gasteiger partial charge on any atom is -0.309 e. The van der Waals surface area contributed by atoms with Crippen LogP contribution < -0.4 is 0 Å². The Balaban J connectivity index is 1.59. The number of nitrogens with zero attached hydrogens (tertiary/aromatic N) is 5. The Morgan fingerprint density at radius 2 is 1.14 bits per heavy atom. The second-order valence-electron chi connectivity index (χ2n) is 9.03. The summed E-state index contributed by atoms with van der Waals surface area (Å²) in [6.07, 6.45) is 3.09. The average molecular weight is 462 g/mol. The largest absolute Gasteiger partial charge is 0.309 e. The van der Waals surface area contributed by atoms with Crippen molar-refractivity contribution in [2.45, 2.75) is 0 Å². The first-order valence-electron chi connectivity index (χ1n) is 12.0. The van der Waals surface area contributed by atoms with Crippen molar-refractivity contribution in [2.24, 2.45) is 0 Å². The Morgan fingerprint density at radius 3 is 1.92 bits per heavy atom. The van der Waals surface area contributed by atoms with E-state index in [0.717, 1.165) is 16.7 Å². The van der Waals surface area contributed by atoms with Gasteiger partial charge in [-0.25, -0.2) is 15.0 Å². The second-order valence-corrected chi connectivity index (χ2v) is 9.03. The van der Waals surface area contributed by atoms with Gasteiger partial charge in [-0.2, -0.15) is 0 Å². The Kier molecular flexibility index (Phi) is 3.88. The molecule has 0 bridgehead atoms. The van der Waals surface area contributed by atoms with Crippen LogP contribution >= 0.6 is 0 Å². The van der Waals surface area contributed by atoms with Gasteiger partial charge in [0.25, 0.3) is 0 Å². The summed E-state index contributed by atoms with van der Waals surface area (Å²) in [4.78, 5) is 13.0. The van der Waals surface area contributed by atoms with Crippen LogP contribution in [0, 0.1) is 0 Å².